The third-order valence-corrected chi connectivity index (χ3v) is 2.89. The second-order valence-corrected chi connectivity index (χ2v) is 4.29. The van der Waals surface area contributed by atoms with Gasteiger partial charge in [0.25, 0.3) is 0 Å². The van der Waals surface area contributed by atoms with Gasteiger partial charge in [0.2, 0.25) is 5.91 Å². The Bertz CT molecular complexity index is 455. The molecule has 0 fully saturated rings. The number of amides is 3. The van der Waals surface area contributed by atoms with Crippen molar-refractivity contribution in [2.75, 3.05) is 12.3 Å². The molecule has 0 bridgehead atoms. The van der Waals surface area contributed by atoms with E-state index in [2.05, 4.69) is 10.6 Å². The lowest BCUT2D eigenvalue weighted by molar-refractivity contribution is -0.117. The number of carbonyl (C=O) groups is 2. The molecule has 3 amide bonds. The van der Waals surface area contributed by atoms with E-state index < -0.39 is 23.6 Å². The molecule has 18 heavy (non-hydrogen) atoms. The highest BCUT2D eigenvalue weighted by molar-refractivity contribution is 8.00. The van der Waals surface area contributed by atoms with Gasteiger partial charge in [0.1, 0.15) is 11.6 Å². The number of hydrogen-bond acceptors (Lipinski definition) is 3. The zero-order valence-corrected chi connectivity index (χ0v) is 10.4. The molecule has 2 N–H and O–H groups in total. The minimum absolute atomic E-state index is 0.125. The fourth-order valence-electron chi connectivity index (χ4n) is 1.10. The largest absolute Gasteiger partial charge is 0.338 e. The second-order valence-electron chi connectivity index (χ2n) is 3.27. The van der Waals surface area contributed by atoms with Gasteiger partial charge in [-0.05, 0) is 19.1 Å². The summed E-state index contributed by atoms with van der Waals surface area (Å²) < 4.78 is 25.8. The molecule has 0 aromatic heterocycles. The van der Waals surface area contributed by atoms with E-state index in [1.165, 1.54) is 6.07 Å². The monoisotopic (exact) mass is 274 g/mol. The van der Waals surface area contributed by atoms with E-state index in [4.69, 9.17) is 0 Å². The van der Waals surface area contributed by atoms with E-state index in [9.17, 15) is 18.4 Å². The maximum atomic E-state index is 13.2. The first-order chi connectivity index (χ1) is 8.52. The SMILES string of the molecule is CCNC(=O)NC(=O)CSc1ccc(F)cc1F. The molecular formula is C11H12F2N2O2S. The summed E-state index contributed by atoms with van der Waals surface area (Å²) in [5, 5.41) is 4.47. The number of halogens is 2. The van der Waals surface area contributed by atoms with Crippen LogP contribution in [-0.4, -0.2) is 24.2 Å². The van der Waals surface area contributed by atoms with Crippen LogP contribution in [-0.2, 0) is 4.79 Å². The summed E-state index contributed by atoms with van der Waals surface area (Å²) in [4.78, 5) is 22.4. The van der Waals surface area contributed by atoms with E-state index in [0.717, 1.165) is 23.9 Å². The number of carbonyl (C=O) groups excluding carboxylic acids is 2. The van der Waals surface area contributed by atoms with Crippen molar-refractivity contribution in [3.05, 3.63) is 29.8 Å². The van der Waals surface area contributed by atoms with Crippen molar-refractivity contribution in [1.82, 2.24) is 10.6 Å². The quantitative estimate of drug-likeness (QED) is 0.824. The molecule has 0 saturated heterocycles. The maximum Gasteiger partial charge on any atom is 0.321 e. The van der Waals surface area contributed by atoms with Gasteiger partial charge in [-0.1, -0.05) is 0 Å². The molecule has 0 aliphatic heterocycles. The summed E-state index contributed by atoms with van der Waals surface area (Å²) in [6.07, 6.45) is 0. The Balaban J connectivity index is 2.45. The topological polar surface area (TPSA) is 58.2 Å². The predicted octanol–water partition coefficient (Wildman–Crippen LogP) is 1.90. The summed E-state index contributed by atoms with van der Waals surface area (Å²) in [6, 6.07) is 2.49. The van der Waals surface area contributed by atoms with Crippen molar-refractivity contribution >= 4 is 23.7 Å². The summed E-state index contributed by atoms with van der Waals surface area (Å²) >= 11 is 0.890. The standard InChI is InChI=1S/C11H12F2N2O2S/c1-2-14-11(17)15-10(16)6-18-9-4-3-7(12)5-8(9)13/h3-5H,2,6H2,1H3,(H2,14,15,16,17). The lowest BCUT2D eigenvalue weighted by Gasteiger charge is -2.05. The van der Waals surface area contributed by atoms with Crippen LogP contribution in [0.15, 0.2) is 23.1 Å². The third-order valence-electron chi connectivity index (χ3n) is 1.84. The molecule has 1 rings (SSSR count). The molecule has 0 heterocycles. The molecule has 0 radical (unpaired) electrons. The Morgan fingerprint density at radius 2 is 2.06 bits per heavy atom. The highest BCUT2D eigenvalue weighted by Gasteiger charge is 2.10. The van der Waals surface area contributed by atoms with Crippen molar-refractivity contribution in [2.45, 2.75) is 11.8 Å². The minimum Gasteiger partial charge on any atom is -0.338 e. The molecule has 0 spiro atoms. The Morgan fingerprint density at radius 3 is 2.67 bits per heavy atom. The summed E-state index contributed by atoms with van der Waals surface area (Å²) in [6.45, 7) is 2.12. The number of thioether (sulfide) groups is 1. The minimum atomic E-state index is -0.731. The van der Waals surface area contributed by atoms with Gasteiger partial charge in [-0.15, -0.1) is 11.8 Å². The van der Waals surface area contributed by atoms with Gasteiger partial charge < -0.3 is 5.32 Å². The van der Waals surface area contributed by atoms with Gasteiger partial charge in [-0.2, -0.15) is 0 Å². The zero-order valence-electron chi connectivity index (χ0n) is 9.63. The van der Waals surface area contributed by atoms with Gasteiger partial charge in [-0.3, -0.25) is 10.1 Å². The van der Waals surface area contributed by atoms with Crippen LogP contribution in [0.5, 0.6) is 0 Å². The van der Waals surface area contributed by atoms with Crippen LogP contribution in [0.2, 0.25) is 0 Å². The number of nitrogens with one attached hydrogen (secondary N) is 2. The molecule has 0 atom stereocenters. The van der Waals surface area contributed by atoms with Crippen LogP contribution in [0, 0.1) is 11.6 Å². The maximum absolute atomic E-state index is 13.2. The van der Waals surface area contributed by atoms with Gasteiger partial charge in [-0.25, -0.2) is 13.6 Å². The number of rotatable bonds is 4. The summed E-state index contributed by atoms with van der Waals surface area (Å²) in [5.41, 5.74) is 0. The lowest BCUT2D eigenvalue weighted by Crippen LogP contribution is -2.40. The molecule has 1 aromatic rings. The van der Waals surface area contributed by atoms with Crippen LogP contribution < -0.4 is 10.6 Å². The van der Waals surface area contributed by atoms with E-state index in [-0.39, 0.29) is 10.6 Å². The van der Waals surface area contributed by atoms with Crippen LogP contribution in [0.25, 0.3) is 0 Å². The van der Waals surface area contributed by atoms with E-state index in [1.807, 2.05) is 0 Å². The van der Waals surface area contributed by atoms with Gasteiger partial charge in [0.05, 0.1) is 5.75 Å². The number of hydrogen-bond donors (Lipinski definition) is 2. The number of urea groups is 1. The molecule has 0 aliphatic carbocycles. The number of benzene rings is 1. The molecule has 1 aromatic carbocycles. The molecule has 0 unspecified atom stereocenters. The number of imide groups is 1. The summed E-state index contributed by atoms with van der Waals surface area (Å²) in [7, 11) is 0. The van der Waals surface area contributed by atoms with Crippen molar-refractivity contribution in [3.63, 3.8) is 0 Å². The summed E-state index contributed by atoms with van der Waals surface area (Å²) in [5.74, 6) is -2.08. The first-order valence-corrected chi connectivity index (χ1v) is 6.17. The molecule has 98 valence electrons. The highest BCUT2D eigenvalue weighted by atomic mass is 32.2. The van der Waals surface area contributed by atoms with Crippen LogP contribution in [0.1, 0.15) is 6.92 Å². The van der Waals surface area contributed by atoms with Crippen molar-refractivity contribution in [3.8, 4) is 0 Å². The van der Waals surface area contributed by atoms with E-state index >= 15 is 0 Å². The molecule has 7 heteroatoms. The Morgan fingerprint density at radius 1 is 1.33 bits per heavy atom. The normalized spacial score (nSPS) is 9.94. The van der Waals surface area contributed by atoms with Crippen LogP contribution >= 0.6 is 11.8 Å². The Hall–Kier alpha value is -1.63. The smallest absolute Gasteiger partial charge is 0.321 e. The van der Waals surface area contributed by atoms with Gasteiger partial charge in [0, 0.05) is 17.5 Å². The fourth-order valence-corrected chi connectivity index (χ4v) is 1.82. The lowest BCUT2D eigenvalue weighted by atomic mass is 10.3. The van der Waals surface area contributed by atoms with Crippen LogP contribution in [0.3, 0.4) is 0 Å². The van der Waals surface area contributed by atoms with Crippen LogP contribution in [0.4, 0.5) is 13.6 Å². The van der Waals surface area contributed by atoms with E-state index in [1.54, 1.807) is 6.92 Å². The van der Waals surface area contributed by atoms with Crippen molar-refractivity contribution in [2.24, 2.45) is 0 Å². The highest BCUT2D eigenvalue weighted by Crippen LogP contribution is 2.21. The van der Waals surface area contributed by atoms with Gasteiger partial charge >= 0.3 is 6.03 Å². The predicted molar refractivity (Wildman–Crippen MR) is 64.3 cm³/mol. The second kappa shape index (κ2) is 6.95. The van der Waals surface area contributed by atoms with Crippen molar-refractivity contribution < 1.29 is 18.4 Å². The van der Waals surface area contributed by atoms with E-state index in [0.29, 0.717) is 6.54 Å². The first-order valence-electron chi connectivity index (χ1n) is 5.18. The fraction of sp³-hybridized carbons (Fsp3) is 0.273. The van der Waals surface area contributed by atoms with Crippen molar-refractivity contribution in [1.29, 1.82) is 0 Å². The average Bonchev–Trinajstić information content (AvgIpc) is 2.28. The Kier molecular flexibility index (Phi) is 5.57. The zero-order chi connectivity index (χ0) is 13.5. The molecular weight excluding hydrogens is 262 g/mol. The average molecular weight is 274 g/mol. The third kappa shape index (κ3) is 4.70. The molecule has 0 saturated carbocycles. The first kappa shape index (κ1) is 14.4. The molecule has 4 nitrogen and oxygen atoms in total. The van der Waals surface area contributed by atoms with Gasteiger partial charge in [0.15, 0.2) is 0 Å². The molecule has 0 aliphatic rings. The Labute approximate surface area is 107 Å².